The molecule has 0 heterocycles. The number of hydrogen-bond donors (Lipinski definition) is 2. The summed E-state index contributed by atoms with van der Waals surface area (Å²) in [6.07, 6.45) is 0.784. The van der Waals surface area contributed by atoms with E-state index >= 15 is 0 Å². The first kappa shape index (κ1) is 12.1. The van der Waals surface area contributed by atoms with Crippen molar-refractivity contribution in [3.05, 3.63) is 60.2 Å². The Bertz CT molecular complexity index is 384. The first-order valence-electron chi connectivity index (χ1n) is 5.25. The van der Waals surface area contributed by atoms with Crippen molar-refractivity contribution in [2.24, 2.45) is 0 Å². The lowest BCUT2D eigenvalue weighted by molar-refractivity contribution is 0.446. The summed E-state index contributed by atoms with van der Waals surface area (Å²) in [6.45, 7) is 1.95. The van der Waals surface area contributed by atoms with E-state index < -0.39 is 0 Å². The van der Waals surface area contributed by atoms with Crippen molar-refractivity contribution >= 4 is 0 Å². The van der Waals surface area contributed by atoms with Crippen molar-refractivity contribution in [3.8, 4) is 11.5 Å². The Kier molecular flexibility index (Phi) is 4.93. The highest BCUT2D eigenvalue weighted by Gasteiger charge is 1.97. The second-order valence-electron chi connectivity index (χ2n) is 3.32. The molecular weight excluding hydrogens is 200 g/mol. The van der Waals surface area contributed by atoms with Gasteiger partial charge in [0.1, 0.15) is 11.5 Å². The topological polar surface area (TPSA) is 40.5 Å². The molecule has 16 heavy (non-hydrogen) atoms. The molecule has 0 saturated heterocycles. The van der Waals surface area contributed by atoms with Gasteiger partial charge in [-0.05, 0) is 18.1 Å². The third-order valence-electron chi connectivity index (χ3n) is 2.12. The van der Waals surface area contributed by atoms with Gasteiger partial charge in [0.25, 0.3) is 0 Å². The molecule has 0 amide bonds. The van der Waals surface area contributed by atoms with E-state index in [2.05, 4.69) is 0 Å². The number of benzene rings is 2. The molecule has 0 unspecified atom stereocenters. The summed E-state index contributed by atoms with van der Waals surface area (Å²) in [5.41, 5.74) is 0.859. The Morgan fingerprint density at radius 3 is 1.75 bits per heavy atom. The minimum absolute atomic E-state index is 0.106. The van der Waals surface area contributed by atoms with Crippen LogP contribution in [-0.4, -0.2) is 10.2 Å². The van der Waals surface area contributed by atoms with Crippen molar-refractivity contribution in [2.75, 3.05) is 0 Å². The van der Waals surface area contributed by atoms with E-state index in [1.807, 2.05) is 43.3 Å². The molecule has 0 aromatic heterocycles. The fraction of sp³-hybridized carbons (Fsp3) is 0.143. The highest BCUT2D eigenvalue weighted by molar-refractivity contribution is 5.38. The predicted molar refractivity (Wildman–Crippen MR) is 65.6 cm³/mol. The molecule has 0 atom stereocenters. The number of phenols is 2. The number of hydrogen-bond acceptors (Lipinski definition) is 2. The average molecular weight is 216 g/mol. The van der Waals surface area contributed by atoms with Crippen LogP contribution >= 0.6 is 0 Å². The first-order chi connectivity index (χ1) is 7.74. The van der Waals surface area contributed by atoms with Gasteiger partial charge in [0, 0.05) is 6.07 Å². The van der Waals surface area contributed by atoms with E-state index in [4.69, 9.17) is 10.2 Å². The summed E-state index contributed by atoms with van der Waals surface area (Å²) in [6, 6.07) is 16.6. The zero-order valence-electron chi connectivity index (χ0n) is 9.30. The Morgan fingerprint density at radius 1 is 0.875 bits per heavy atom. The van der Waals surface area contributed by atoms with Crippen LogP contribution in [0.25, 0.3) is 0 Å². The molecule has 0 aliphatic rings. The molecule has 2 nitrogen and oxygen atoms in total. The molecule has 84 valence electrons. The van der Waals surface area contributed by atoms with E-state index in [1.54, 1.807) is 12.1 Å². The predicted octanol–water partition coefficient (Wildman–Crippen LogP) is 3.35. The molecule has 2 N–H and O–H groups in total. The molecule has 0 aliphatic carbocycles. The number of aryl methyl sites for hydroxylation is 1. The summed E-state index contributed by atoms with van der Waals surface area (Å²) in [5.74, 6) is 0.275. The number of aromatic hydroxyl groups is 2. The van der Waals surface area contributed by atoms with E-state index in [-0.39, 0.29) is 11.5 Å². The van der Waals surface area contributed by atoms with Crippen LogP contribution in [0.5, 0.6) is 11.5 Å². The third kappa shape index (κ3) is 4.05. The Hall–Kier alpha value is -1.96. The van der Waals surface area contributed by atoms with Crippen LogP contribution in [0.3, 0.4) is 0 Å². The molecule has 0 saturated carbocycles. The minimum Gasteiger partial charge on any atom is -0.508 e. The minimum atomic E-state index is 0.106. The van der Waals surface area contributed by atoms with Crippen LogP contribution in [0, 0.1) is 0 Å². The Labute approximate surface area is 95.8 Å². The molecule has 2 aromatic carbocycles. The van der Waals surface area contributed by atoms with E-state index in [0.717, 1.165) is 12.0 Å². The Morgan fingerprint density at radius 2 is 1.38 bits per heavy atom. The molecule has 0 aliphatic heterocycles. The van der Waals surface area contributed by atoms with Gasteiger partial charge in [0.2, 0.25) is 0 Å². The SMILES string of the molecule is CCc1ccc(O)cc1O.c1ccccc1. The first-order valence-corrected chi connectivity index (χ1v) is 5.25. The maximum atomic E-state index is 9.13. The molecular formula is C14H16O2. The zero-order valence-corrected chi connectivity index (χ0v) is 9.30. The zero-order chi connectivity index (χ0) is 11.8. The monoisotopic (exact) mass is 216 g/mol. The van der Waals surface area contributed by atoms with Crippen LogP contribution in [0.4, 0.5) is 0 Å². The number of phenolic OH excluding ortho intramolecular Hbond substituents is 2. The van der Waals surface area contributed by atoms with Crippen LogP contribution in [0.1, 0.15) is 12.5 Å². The summed E-state index contributed by atoms with van der Waals surface area (Å²) in [4.78, 5) is 0. The summed E-state index contributed by atoms with van der Waals surface area (Å²) in [5, 5.41) is 18.0. The van der Waals surface area contributed by atoms with E-state index in [0.29, 0.717) is 0 Å². The molecule has 2 rings (SSSR count). The smallest absolute Gasteiger partial charge is 0.122 e. The van der Waals surface area contributed by atoms with Gasteiger partial charge in [-0.1, -0.05) is 49.4 Å². The highest BCUT2D eigenvalue weighted by atomic mass is 16.3. The van der Waals surface area contributed by atoms with Gasteiger partial charge < -0.3 is 10.2 Å². The molecule has 0 radical (unpaired) electrons. The van der Waals surface area contributed by atoms with Gasteiger partial charge in [-0.2, -0.15) is 0 Å². The number of rotatable bonds is 1. The summed E-state index contributed by atoms with van der Waals surface area (Å²) >= 11 is 0. The van der Waals surface area contributed by atoms with Gasteiger partial charge >= 0.3 is 0 Å². The Balaban J connectivity index is 0.000000181. The lowest BCUT2D eigenvalue weighted by Gasteiger charge is -1.99. The lowest BCUT2D eigenvalue weighted by Crippen LogP contribution is -1.79. The second kappa shape index (κ2) is 6.51. The second-order valence-corrected chi connectivity index (χ2v) is 3.32. The summed E-state index contributed by atoms with van der Waals surface area (Å²) < 4.78 is 0. The highest BCUT2D eigenvalue weighted by Crippen LogP contribution is 2.22. The average Bonchev–Trinajstić information content (AvgIpc) is 2.32. The van der Waals surface area contributed by atoms with Gasteiger partial charge in [-0.25, -0.2) is 0 Å². The van der Waals surface area contributed by atoms with E-state index in [9.17, 15) is 0 Å². The maximum absolute atomic E-state index is 9.13. The van der Waals surface area contributed by atoms with Crippen molar-refractivity contribution in [2.45, 2.75) is 13.3 Å². The fourth-order valence-electron chi connectivity index (χ4n) is 1.24. The van der Waals surface area contributed by atoms with Crippen molar-refractivity contribution in [3.63, 3.8) is 0 Å². The van der Waals surface area contributed by atoms with E-state index in [1.165, 1.54) is 6.07 Å². The van der Waals surface area contributed by atoms with Crippen LogP contribution in [-0.2, 0) is 6.42 Å². The standard InChI is InChI=1S/C8H10O2.C6H6/c1-2-6-3-4-7(9)5-8(6)10;1-2-4-6-5-3-1/h3-5,9-10H,2H2,1H3;1-6H. The molecule has 2 heteroatoms. The molecule has 0 fully saturated rings. The lowest BCUT2D eigenvalue weighted by atomic mass is 10.1. The van der Waals surface area contributed by atoms with Gasteiger partial charge in [0.05, 0.1) is 0 Å². The molecule has 0 spiro atoms. The summed E-state index contributed by atoms with van der Waals surface area (Å²) in [7, 11) is 0. The van der Waals surface area contributed by atoms with Crippen molar-refractivity contribution in [1.29, 1.82) is 0 Å². The molecule has 0 bridgehead atoms. The third-order valence-corrected chi connectivity index (χ3v) is 2.12. The largest absolute Gasteiger partial charge is 0.508 e. The van der Waals surface area contributed by atoms with Crippen LogP contribution in [0.15, 0.2) is 54.6 Å². The fourth-order valence-corrected chi connectivity index (χ4v) is 1.24. The van der Waals surface area contributed by atoms with Gasteiger partial charge in [-0.15, -0.1) is 0 Å². The quantitative estimate of drug-likeness (QED) is 0.767. The maximum Gasteiger partial charge on any atom is 0.122 e. The van der Waals surface area contributed by atoms with Crippen LogP contribution in [0.2, 0.25) is 0 Å². The van der Waals surface area contributed by atoms with Gasteiger partial charge in [-0.3, -0.25) is 0 Å². The molecule has 2 aromatic rings. The van der Waals surface area contributed by atoms with Crippen molar-refractivity contribution in [1.82, 2.24) is 0 Å². The van der Waals surface area contributed by atoms with Crippen molar-refractivity contribution < 1.29 is 10.2 Å². The van der Waals surface area contributed by atoms with Gasteiger partial charge in [0.15, 0.2) is 0 Å². The van der Waals surface area contributed by atoms with Crippen LogP contribution < -0.4 is 0 Å². The normalized spacial score (nSPS) is 9.06.